The first-order valence-corrected chi connectivity index (χ1v) is 5.36. The largest absolute Gasteiger partial charge is 0.364 e. The molecule has 0 amide bonds. The van der Waals surface area contributed by atoms with Gasteiger partial charge in [-0.15, -0.1) is 0 Å². The van der Waals surface area contributed by atoms with E-state index in [-0.39, 0.29) is 5.54 Å². The first-order chi connectivity index (χ1) is 7.28. The van der Waals surface area contributed by atoms with Gasteiger partial charge in [-0.05, 0) is 31.7 Å². The number of aromatic nitrogens is 2. The van der Waals surface area contributed by atoms with Crippen LogP contribution in [0, 0.1) is 0 Å². The minimum absolute atomic E-state index is 0.250. The molecule has 0 atom stereocenters. The summed E-state index contributed by atoms with van der Waals surface area (Å²) >= 11 is 0. The Balaban J connectivity index is 2.09. The van der Waals surface area contributed by atoms with Crippen molar-refractivity contribution in [3.05, 3.63) is 12.3 Å². The second-order valence-electron chi connectivity index (χ2n) is 4.02. The quantitative estimate of drug-likeness (QED) is 0.515. The maximum Gasteiger partial charge on any atom is 0.239 e. The molecule has 1 heterocycles. The van der Waals surface area contributed by atoms with Crippen molar-refractivity contribution in [2.24, 2.45) is 5.84 Å². The number of nitrogens with zero attached hydrogens (tertiary/aromatic N) is 2. The van der Waals surface area contributed by atoms with Crippen LogP contribution in [-0.4, -0.2) is 15.5 Å². The average Bonchev–Trinajstić information content (AvgIpc) is 2.24. The van der Waals surface area contributed by atoms with Crippen molar-refractivity contribution < 1.29 is 0 Å². The molecular weight excluding hydrogens is 190 g/mol. The van der Waals surface area contributed by atoms with E-state index in [9.17, 15) is 0 Å². The summed E-state index contributed by atoms with van der Waals surface area (Å²) < 4.78 is 0. The summed E-state index contributed by atoms with van der Waals surface area (Å²) in [6, 6.07) is 1.87. The van der Waals surface area contributed by atoms with Crippen LogP contribution in [0.1, 0.15) is 32.6 Å². The molecule has 82 valence electrons. The maximum absolute atomic E-state index is 5.26. The number of hydrazine groups is 1. The van der Waals surface area contributed by atoms with Crippen LogP contribution in [0.25, 0.3) is 0 Å². The minimum atomic E-state index is 0.250. The van der Waals surface area contributed by atoms with E-state index in [4.69, 9.17) is 5.84 Å². The van der Waals surface area contributed by atoms with E-state index in [2.05, 4.69) is 27.6 Å². The first kappa shape index (κ1) is 10.2. The van der Waals surface area contributed by atoms with Gasteiger partial charge in [-0.3, -0.25) is 5.43 Å². The molecule has 5 heteroatoms. The summed E-state index contributed by atoms with van der Waals surface area (Å²) in [7, 11) is 0. The van der Waals surface area contributed by atoms with Crippen LogP contribution in [0.15, 0.2) is 12.3 Å². The highest BCUT2D eigenvalue weighted by Crippen LogP contribution is 2.37. The molecule has 0 saturated heterocycles. The number of nitrogens with two attached hydrogens (primary N) is 1. The van der Waals surface area contributed by atoms with Gasteiger partial charge in [0.1, 0.15) is 5.82 Å². The Morgan fingerprint density at radius 1 is 1.53 bits per heavy atom. The fraction of sp³-hybridized carbons (Fsp3) is 0.600. The summed E-state index contributed by atoms with van der Waals surface area (Å²) in [5.41, 5.74) is 2.70. The van der Waals surface area contributed by atoms with Crippen molar-refractivity contribution in [2.45, 2.75) is 38.1 Å². The molecule has 1 aliphatic carbocycles. The molecule has 1 aliphatic rings. The lowest BCUT2D eigenvalue weighted by Gasteiger charge is -2.42. The van der Waals surface area contributed by atoms with Crippen LogP contribution in [-0.2, 0) is 0 Å². The summed E-state index contributed by atoms with van der Waals surface area (Å²) in [6.45, 7) is 2.20. The number of hydrogen-bond donors (Lipinski definition) is 3. The number of anilines is 2. The van der Waals surface area contributed by atoms with E-state index in [0.29, 0.717) is 5.95 Å². The van der Waals surface area contributed by atoms with Crippen molar-refractivity contribution in [3.63, 3.8) is 0 Å². The van der Waals surface area contributed by atoms with Gasteiger partial charge < -0.3 is 5.32 Å². The van der Waals surface area contributed by atoms with Crippen molar-refractivity contribution in [1.82, 2.24) is 9.97 Å². The SMILES string of the molecule is CCC1(Nc2ccnc(NN)n2)CCC1. The molecule has 0 bridgehead atoms. The van der Waals surface area contributed by atoms with Gasteiger partial charge in [0.05, 0.1) is 0 Å². The standard InChI is InChI=1S/C10H17N5/c1-2-10(5-3-6-10)14-8-4-7-12-9(13-8)15-11/h4,7H,2-3,5-6,11H2,1H3,(H2,12,13,14,15). The molecule has 0 aliphatic heterocycles. The molecule has 1 fully saturated rings. The highest BCUT2D eigenvalue weighted by atomic mass is 15.3. The average molecular weight is 207 g/mol. The van der Waals surface area contributed by atoms with E-state index in [1.807, 2.05) is 6.07 Å². The van der Waals surface area contributed by atoms with Crippen LogP contribution < -0.4 is 16.6 Å². The Bertz CT molecular complexity index is 329. The second kappa shape index (κ2) is 4.02. The first-order valence-electron chi connectivity index (χ1n) is 5.36. The third kappa shape index (κ3) is 2.02. The summed E-state index contributed by atoms with van der Waals surface area (Å²) in [5, 5.41) is 3.47. The lowest BCUT2D eigenvalue weighted by molar-refractivity contribution is 0.269. The molecule has 0 spiro atoms. The molecule has 5 nitrogen and oxygen atoms in total. The molecule has 0 unspecified atom stereocenters. The minimum Gasteiger partial charge on any atom is -0.364 e. The van der Waals surface area contributed by atoms with Crippen LogP contribution in [0.5, 0.6) is 0 Å². The maximum atomic E-state index is 5.26. The van der Waals surface area contributed by atoms with Crippen LogP contribution in [0.2, 0.25) is 0 Å². The molecule has 15 heavy (non-hydrogen) atoms. The third-order valence-corrected chi connectivity index (χ3v) is 3.17. The predicted molar refractivity (Wildman–Crippen MR) is 60.3 cm³/mol. The Kier molecular flexibility index (Phi) is 2.73. The molecule has 4 N–H and O–H groups in total. The van der Waals surface area contributed by atoms with Crippen LogP contribution in [0.4, 0.5) is 11.8 Å². The molecule has 1 aromatic rings. The molecular formula is C10H17N5. The molecule has 1 aromatic heterocycles. The lowest BCUT2D eigenvalue weighted by atomic mass is 9.75. The van der Waals surface area contributed by atoms with Crippen molar-refractivity contribution in [1.29, 1.82) is 0 Å². The number of hydrogen-bond acceptors (Lipinski definition) is 5. The van der Waals surface area contributed by atoms with E-state index < -0.39 is 0 Å². The topological polar surface area (TPSA) is 75.9 Å². The molecule has 1 saturated carbocycles. The van der Waals surface area contributed by atoms with E-state index >= 15 is 0 Å². The van der Waals surface area contributed by atoms with Gasteiger partial charge in [0.2, 0.25) is 5.95 Å². The zero-order chi connectivity index (χ0) is 10.7. The molecule has 0 radical (unpaired) electrons. The predicted octanol–water partition coefficient (Wildman–Crippen LogP) is 1.51. The van der Waals surface area contributed by atoms with Gasteiger partial charge in [-0.25, -0.2) is 10.8 Å². The zero-order valence-electron chi connectivity index (χ0n) is 8.95. The Labute approximate surface area is 89.5 Å². The zero-order valence-corrected chi connectivity index (χ0v) is 8.95. The molecule has 2 rings (SSSR count). The number of nitrogens with one attached hydrogen (secondary N) is 2. The fourth-order valence-electron chi connectivity index (χ4n) is 1.94. The highest BCUT2D eigenvalue weighted by molar-refractivity contribution is 5.42. The van der Waals surface area contributed by atoms with Gasteiger partial charge in [0.15, 0.2) is 0 Å². The third-order valence-electron chi connectivity index (χ3n) is 3.17. The second-order valence-corrected chi connectivity index (χ2v) is 4.02. The lowest BCUT2D eigenvalue weighted by Crippen LogP contribution is -2.44. The number of rotatable bonds is 4. The van der Waals surface area contributed by atoms with E-state index in [1.165, 1.54) is 19.3 Å². The Hall–Kier alpha value is -1.36. The smallest absolute Gasteiger partial charge is 0.239 e. The number of nitrogen functional groups attached to an aromatic ring is 1. The van der Waals surface area contributed by atoms with E-state index in [1.54, 1.807) is 6.20 Å². The normalized spacial score (nSPS) is 18.0. The van der Waals surface area contributed by atoms with Gasteiger partial charge in [0, 0.05) is 11.7 Å². The van der Waals surface area contributed by atoms with Crippen molar-refractivity contribution in [3.8, 4) is 0 Å². The van der Waals surface area contributed by atoms with Gasteiger partial charge >= 0.3 is 0 Å². The highest BCUT2D eigenvalue weighted by Gasteiger charge is 2.35. The summed E-state index contributed by atoms with van der Waals surface area (Å²) in [4.78, 5) is 8.22. The molecule has 0 aromatic carbocycles. The van der Waals surface area contributed by atoms with E-state index in [0.717, 1.165) is 12.2 Å². The monoisotopic (exact) mass is 207 g/mol. The van der Waals surface area contributed by atoms with Gasteiger partial charge in [0.25, 0.3) is 0 Å². The summed E-state index contributed by atoms with van der Waals surface area (Å²) in [6.07, 6.45) is 6.57. The van der Waals surface area contributed by atoms with Crippen LogP contribution in [0.3, 0.4) is 0 Å². The van der Waals surface area contributed by atoms with Crippen LogP contribution >= 0.6 is 0 Å². The Morgan fingerprint density at radius 2 is 2.33 bits per heavy atom. The van der Waals surface area contributed by atoms with Gasteiger partial charge in [-0.2, -0.15) is 4.98 Å². The van der Waals surface area contributed by atoms with Gasteiger partial charge in [-0.1, -0.05) is 6.92 Å². The fourth-order valence-corrected chi connectivity index (χ4v) is 1.94. The van der Waals surface area contributed by atoms with Crippen molar-refractivity contribution in [2.75, 3.05) is 10.7 Å². The summed E-state index contributed by atoms with van der Waals surface area (Å²) in [5.74, 6) is 6.56. The van der Waals surface area contributed by atoms with Crippen molar-refractivity contribution >= 4 is 11.8 Å². The Morgan fingerprint density at radius 3 is 2.87 bits per heavy atom.